The van der Waals surface area contributed by atoms with E-state index in [1.54, 1.807) is 6.92 Å². The highest BCUT2D eigenvalue weighted by Gasteiger charge is 2.09. The molecule has 0 aliphatic carbocycles. The van der Waals surface area contributed by atoms with Crippen molar-refractivity contribution < 1.29 is 9.90 Å². The molecule has 1 heterocycles. The Bertz CT molecular complexity index is 356. The molecule has 0 saturated heterocycles. The molecule has 1 rings (SSSR count). The molecule has 0 unspecified atom stereocenters. The highest BCUT2D eigenvalue weighted by Crippen LogP contribution is 1.88. The Morgan fingerprint density at radius 2 is 2.42 bits per heavy atom. The zero-order valence-corrected chi connectivity index (χ0v) is 6.52. The molecule has 1 N–H and O–H groups in total. The van der Waals surface area contributed by atoms with Gasteiger partial charge in [0.05, 0.1) is 0 Å². The molecule has 0 atom stereocenters. The van der Waals surface area contributed by atoms with Crippen LogP contribution in [0.4, 0.5) is 0 Å². The van der Waals surface area contributed by atoms with E-state index < -0.39 is 11.5 Å². The molecule has 0 aromatic carbocycles. The first-order valence-electron chi connectivity index (χ1n) is 3.46. The number of aryl methyl sites for hydroxylation is 1. The van der Waals surface area contributed by atoms with Crippen LogP contribution in [0.5, 0.6) is 0 Å². The van der Waals surface area contributed by atoms with Crippen molar-refractivity contribution in [3.63, 3.8) is 0 Å². The fourth-order valence-electron chi connectivity index (χ4n) is 0.839. The third kappa shape index (κ3) is 1.34. The first-order valence-corrected chi connectivity index (χ1v) is 3.46. The molecule has 0 bridgehead atoms. The van der Waals surface area contributed by atoms with E-state index in [1.165, 1.54) is 12.3 Å². The summed E-state index contributed by atoms with van der Waals surface area (Å²) in [5.74, 6) is -1.22. The van der Waals surface area contributed by atoms with Gasteiger partial charge in [-0.2, -0.15) is 5.10 Å². The van der Waals surface area contributed by atoms with E-state index in [4.69, 9.17) is 5.11 Å². The predicted molar refractivity (Wildman–Crippen MR) is 41.1 cm³/mol. The van der Waals surface area contributed by atoms with E-state index in [9.17, 15) is 9.59 Å². The lowest BCUT2D eigenvalue weighted by molar-refractivity contribution is 0.0693. The van der Waals surface area contributed by atoms with Gasteiger partial charge >= 0.3 is 5.97 Å². The van der Waals surface area contributed by atoms with Crippen molar-refractivity contribution in [3.8, 4) is 0 Å². The summed E-state index contributed by atoms with van der Waals surface area (Å²) in [6, 6.07) is 1.19. The van der Waals surface area contributed by atoms with Crippen molar-refractivity contribution in [2.45, 2.75) is 13.5 Å². The van der Waals surface area contributed by atoms with Gasteiger partial charge in [-0.15, -0.1) is 0 Å². The van der Waals surface area contributed by atoms with Crippen molar-refractivity contribution >= 4 is 5.97 Å². The van der Waals surface area contributed by atoms with Gasteiger partial charge in [0, 0.05) is 12.7 Å². The zero-order valence-electron chi connectivity index (χ0n) is 6.52. The third-order valence-corrected chi connectivity index (χ3v) is 1.44. The molecule has 5 heteroatoms. The monoisotopic (exact) mass is 168 g/mol. The normalized spacial score (nSPS) is 9.75. The van der Waals surface area contributed by atoms with Crippen LogP contribution in [0.2, 0.25) is 0 Å². The van der Waals surface area contributed by atoms with Crippen LogP contribution in [0.25, 0.3) is 0 Å². The van der Waals surface area contributed by atoms with E-state index in [0.29, 0.717) is 6.54 Å². The van der Waals surface area contributed by atoms with Crippen molar-refractivity contribution in [3.05, 3.63) is 28.2 Å². The molecule has 0 aliphatic rings. The molecule has 0 fully saturated rings. The number of hydrogen-bond donors (Lipinski definition) is 1. The van der Waals surface area contributed by atoms with Crippen LogP contribution in [0.15, 0.2) is 17.1 Å². The molecule has 0 saturated carbocycles. The third-order valence-electron chi connectivity index (χ3n) is 1.44. The number of carbonyl (C=O) groups is 1. The molecule has 1 aromatic heterocycles. The van der Waals surface area contributed by atoms with Gasteiger partial charge in [-0.3, -0.25) is 4.79 Å². The maximum atomic E-state index is 11.2. The summed E-state index contributed by atoms with van der Waals surface area (Å²) in [7, 11) is 0. The van der Waals surface area contributed by atoms with Gasteiger partial charge in [0.1, 0.15) is 5.56 Å². The van der Waals surface area contributed by atoms with Crippen LogP contribution in [-0.4, -0.2) is 20.9 Å². The Morgan fingerprint density at radius 1 is 1.75 bits per heavy atom. The molecule has 0 spiro atoms. The first-order chi connectivity index (χ1) is 5.66. The summed E-state index contributed by atoms with van der Waals surface area (Å²) in [4.78, 5) is 21.6. The van der Waals surface area contributed by atoms with Gasteiger partial charge in [-0.25, -0.2) is 9.48 Å². The molecule has 0 amide bonds. The number of carboxylic acid groups (broad SMARTS) is 1. The van der Waals surface area contributed by atoms with E-state index >= 15 is 0 Å². The molecule has 0 radical (unpaired) electrons. The number of carboxylic acids is 1. The summed E-state index contributed by atoms with van der Waals surface area (Å²) in [6.45, 7) is 2.10. The van der Waals surface area contributed by atoms with Crippen molar-refractivity contribution in [1.29, 1.82) is 0 Å². The van der Waals surface area contributed by atoms with Gasteiger partial charge in [0.25, 0.3) is 5.56 Å². The second-order valence-corrected chi connectivity index (χ2v) is 2.17. The maximum Gasteiger partial charge on any atom is 0.341 e. The second-order valence-electron chi connectivity index (χ2n) is 2.17. The van der Waals surface area contributed by atoms with Gasteiger partial charge in [-0.1, -0.05) is 0 Å². The number of hydrogen-bond acceptors (Lipinski definition) is 3. The largest absolute Gasteiger partial charge is 0.477 e. The van der Waals surface area contributed by atoms with Crippen molar-refractivity contribution in [2.75, 3.05) is 0 Å². The van der Waals surface area contributed by atoms with Crippen molar-refractivity contribution in [2.24, 2.45) is 0 Å². The van der Waals surface area contributed by atoms with E-state index in [-0.39, 0.29) is 5.56 Å². The molecule has 0 aliphatic heterocycles. The average molecular weight is 168 g/mol. The number of aromatic nitrogens is 2. The number of aromatic carboxylic acids is 1. The van der Waals surface area contributed by atoms with Crippen LogP contribution in [0.1, 0.15) is 17.3 Å². The van der Waals surface area contributed by atoms with Gasteiger partial charge in [0.15, 0.2) is 0 Å². The van der Waals surface area contributed by atoms with Crippen LogP contribution in [0.3, 0.4) is 0 Å². The fraction of sp³-hybridized carbons (Fsp3) is 0.286. The SMILES string of the molecule is CCn1nccc(C(=O)O)c1=O. The van der Waals surface area contributed by atoms with E-state index in [2.05, 4.69) is 5.10 Å². The predicted octanol–water partition coefficient (Wildman–Crippen LogP) is -0.0386. The Kier molecular flexibility index (Phi) is 2.23. The second kappa shape index (κ2) is 3.17. The van der Waals surface area contributed by atoms with Crippen molar-refractivity contribution in [1.82, 2.24) is 9.78 Å². The maximum absolute atomic E-state index is 11.2. The fourth-order valence-corrected chi connectivity index (χ4v) is 0.839. The lowest BCUT2D eigenvalue weighted by Gasteiger charge is -1.99. The summed E-state index contributed by atoms with van der Waals surface area (Å²) in [6.07, 6.45) is 1.30. The van der Waals surface area contributed by atoms with Gasteiger partial charge in [-0.05, 0) is 13.0 Å². The lowest BCUT2D eigenvalue weighted by Crippen LogP contribution is -2.27. The quantitative estimate of drug-likeness (QED) is 0.672. The molecule has 5 nitrogen and oxygen atoms in total. The Hall–Kier alpha value is -1.65. The summed E-state index contributed by atoms with van der Waals surface area (Å²) in [5.41, 5.74) is -0.806. The molecule has 64 valence electrons. The summed E-state index contributed by atoms with van der Waals surface area (Å²) in [5, 5.41) is 12.2. The smallest absolute Gasteiger partial charge is 0.341 e. The van der Waals surface area contributed by atoms with Crippen LogP contribution in [0, 0.1) is 0 Å². The number of rotatable bonds is 2. The topological polar surface area (TPSA) is 72.2 Å². The minimum Gasteiger partial charge on any atom is -0.477 e. The van der Waals surface area contributed by atoms with E-state index in [0.717, 1.165) is 4.68 Å². The van der Waals surface area contributed by atoms with E-state index in [1.807, 2.05) is 0 Å². The number of nitrogens with zero attached hydrogens (tertiary/aromatic N) is 2. The highest BCUT2D eigenvalue weighted by molar-refractivity contribution is 5.86. The Labute approximate surface area is 68.3 Å². The van der Waals surface area contributed by atoms with Gasteiger partial charge in [0.2, 0.25) is 0 Å². The van der Waals surface area contributed by atoms with Crippen LogP contribution < -0.4 is 5.56 Å². The Morgan fingerprint density at radius 3 is 2.92 bits per heavy atom. The highest BCUT2D eigenvalue weighted by atomic mass is 16.4. The molecular formula is C7H8N2O3. The lowest BCUT2D eigenvalue weighted by atomic mass is 10.3. The van der Waals surface area contributed by atoms with Crippen LogP contribution >= 0.6 is 0 Å². The average Bonchev–Trinajstić information content (AvgIpc) is 2.04. The van der Waals surface area contributed by atoms with Crippen LogP contribution in [-0.2, 0) is 6.54 Å². The van der Waals surface area contributed by atoms with Gasteiger partial charge < -0.3 is 5.11 Å². The molecule has 1 aromatic rings. The standard InChI is InChI=1S/C7H8N2O3/c1-2-9-6(10)5(7(11)12)3-4-8-9/h3-4H,2H2,1H3,(H,11,12). The summed E-state index contributed by atoms with van der Waals surface area (Å²) >= 11 is 0. The molecule has 12 heavy (non-hydrogen) atoms. The summed E-state index contributed by atoms with van der Waals surface area (Å²) < 4.78 is 1.10. The minimum atomic E-state index is -1.22. The first kappa shape index (κ1) is 8.45. The minimum absolute atomic E-state index is 0.244. The molecular weight excluding hydrogens is 160 g/mol. The zero-order chi connectivity index (χ0) is 9.14. The Balaban J connectivity index is 3.33.